The zero-order valence-corrected chi connectivity index (χ0v) is 20.5. The van der Waals surface area contributed by atoms with Crippen molar-refractivity contribution in [1.82, 2.24) is 15.2 Å². The monoisotopic (exact) mass is 482 g/mol. The number of thiazole rings is 1. The number of hydrogen-bond acceptors (Lipinski definition) is 6. The van der Waals surface area contributed by atoms with Gasteiger partial charge >= 0.3 is 0 Å². The molecule has 8 heteroatoms. The van der Waals surface area contributed by atoms with Crippen molar-refractivity contribution >= 4 is 39.6 Å². The molecule has 6 nitrogen and oxygen atoms in total. The third-order valence-corrected chi connectivity index (χ3v) is 7.40. The lowest BCUT2D eigenvalue weighted by molar-refractivity contribution is -0.120. The van der Waals surface area contributed by atoms with Crippen molar-refractivity contribution in [3.05, 3.63) is 68.9 Å². The fraction of sp³-hybridized carbons (Fsp3) is 0.400. The molecule has 0 radical (unpaired) electrons. The molecule has 1 atom stereocenters. The molecule has 0 spiro atoms. The lowest BCUT2D eigenvalue weighted by Crippen LogP contribution is -2.33. The Morgan fingerprint density at radius 1 is 1.09 bits per heavy atom. The van der Waals surface area contributed by atoms with Crippen LogP contribution in [0.2, 0.25) is 0 Å². The van der Waals surface area contributed by atoms with Gasteiger partial charge in [0.2, 0.25) is 11.8 Å². The lowest BCUT2D eigenvalue weighted by atomic mass is 9.99. The van der Waals surface area contributed by atoms with Gasteiger partial charge in [0, 0.05) is 29.9 Å². The van der Waals surface area contributed by atoms with Crippen LogP contribution in [-0.4, -0.2) is 34.8 Å². The zero-order chi connectivity index (χ0) is 23.0. The van der Waals surface area contributed by atoms with Crippen molar-refractivity contribution in [1.29, 1.82) is 0 Å². The van der Waals surface area contributed by atoms with Gasteiger partial charge in [-0.25, -0.2) is 4.98 Å². The Balaban J connectivity index is 1.19. The predicted octanol–water partition coefficient (Wildman–Crippen LogP) is 4.48. The highest BCUT2D eigenvalue weighted by molar-refractivity contribution is 7.14. The Labute approximate surface area is 203 Å². The second kappa shape index (κ2) is 11.5. The third kappa shape index (κ3) is 7.48. The summed E-state index contributed by atoms with van der Waals surface area (Å²) in [4.78, 5) is 32.4. The highest BCUT2D eigenvalue weighted by Crippen LogP contribution is 2.19. The van der Waals surface area contributed by atoms with Crippen LogP contribution in [0.3, 0.4) is 0 Å². The molecule has 2 amide bonds. The maximum absolute atomic E-state index is 12.4. The molecular formula is C25H30N4O2S2. The normalized spacial score (nSPS) is 16.5. The van der Waals surface area contributed by atoms with Crippen LogP contribution in [0, 0.1) is 5.92 Å². The van der Waals surface area contributed by atoms with Crippen LogP contribution in [0.4, 0.5) is 5.13 Å². The molecule has 1 aromatic carbocycles. The van der Waals surface area contributed by atoms with Gasteiger partial charge in [0.1, 0.15) is 0 Å². The van der Waals surface area contributed by atoms with E-state index in [1.807, 2.05) is 22.9 Å². The van der Waals surface area contributed by atoms with E-state index in [1.165, 1.54) is 42.8 Å². The van der Waals surface area contributed by atoms with Crippen LogP contribution in [0.15, 0.2) is 47.2 Å². The number of nitrogens with zero attached hydrogens (tertiary/aromatic N) is 2. The summed E-state index contributed by atoms with van der Waals surface area (Å²) in [7, 11) is 0. The van der Waals surface area contributed by atoms with Crippen molar-refractivity contribution in [2.45, 2.75) is 45.7 Å². The summed E-state index contributed by atoms with van der Waals surface area (Å²) < 4.78 is 0. The van der Waals surface area contributed by atoms with Crippen LogP contribution >= 0.6 is 22.7 Å². The van der Waals surface area contributed by atoms with Crippen LogP contribution in [0.25, 0.3) is 0 Å². The van der Waals surface area contributed by atoms with Crippen LogP contribution in [0.5, 0.6) is 0 Å². The maximum Gasteiger partial charge on any atom is 0.231 e. The van der Waals surface area contributed by atoms with Crippen molar-refractivity contribution < 1.29 is 9.59 Å². The molecule has 0 unspecified atom stereocenters. The van der Waals surface area contributed by atoms with Gasteiger partial charge in [-0.1, -0.05) is 37.3 Å². The fourth-order valence-corrected chi connectivity index (χ4v) is 5.49. The van der Waals surface area contributed by atoms with Crippen molar-refractivity contribution in [2.75, 3.05) is 18.4 Å². The maximum atomic E-state index is 12.4. The molecule has 1 aliphatic rings. The lowest BCUT2D eigenvalue weighted by Gasteiger charge is -2.30. The number of likely N-dealkylation sites (tertiary alicyclic amines) is 1. The summed E-state index contributed by atoms with van der Waals surface area (Å²) in [6.45, 7) is 6.17. The molecule has 3 aromatic rings. The SMILES string of the molecule is C[C@H]1CCCN(Cc2ccc(CNC(=O)Cc3csc(NC(=O)Cc4cccs4)n3)cc2)C1. The summed E-state index contributed by atoms with van der Waals surface area (Å²) in [5, 5.41) is 10.1. The molecule has 1 aliphatic heterocycles. The fourth-order valence-electron chi connectivity index (χ4n) is 4.06. The van der Waals surface area contributed by atoms with Crippen LogP contribution in [0.1, 0.15) is 41.5 Å². The Morgan fingerprint density at radius 2 is 1.91 bits per heavy atom. The largest absolute Gasteiger partial charge is 0.352 e. The van der Waals surface area contributed by atoms with E-state index in [-0.39, 0.29) is 18.2 Å². The summed E-state index contributed by atoms with van der Waals surface area (Å²) in [6.07, 6.45) is 3.15. The number of rotatable bonds is 9. The molecule has 0 bridgehead atoms. The molecule has 1 saturated heterocycles. The van der Waals surface area contributed by atoms with E-state index in [4.69, 9.17) is 0 Å². The topological polar surface area (TPSA) is 74.3 Å². The molecule has 3 heterocycles. The number of aromatic nitrogens is 1. The number of anilines is 1. The molecule has 33 heavy (non-hydrogen) atoms. The first-order valence-corrected chi connectivity index (χ1v) is 13.1. The number of carbonyl (C=O) groups excluding carboxylic acids is 2. The van der Waals surface area contributed by atoms with Crippen LogP contribution < -0.4 is 10.6 Å². The Kier molecular flexibility index (Phi) is 8.25. The van der Waals surface area contributed by atoms with Crippen LogP contribution in [-0.2, 0) is 35.5 Å². The average Bonchev–Trinajstić information content (AvgIpc) is 3.45. The Bertz CT molecular complexity index is 1050. The van der Waals surface area contributed by atoms with E-state index < -0.39 is 0 Å². The number of hydrogen-bond donors (Lipinski definition) is 2. The quantitative estimate of drug-likeness (QED) is 0.472. The molecule has 0 aliphatic carbocycles. The van der Waals surface area contributed by atoms with Gasteiger partial charge in [-0.15, -0.1) is 22.7 Å². The van der Waals surface area contributed by atoms with Gasteiger partial charge in [0.05, 0.1) is 18.5 Å². The molecular weight excluding hydrogens is 452 g/mol. The first kappa shape index (κ1) is 23.6. The highest BCUT2D eigenvalue weighted by atomic mass is 32.1. The number of thiophene rings is 1. The van der Waals surface area contributed by atoms with E-state index >= 15 is 0 Å². The first-order chi connectivity index (χ1) is 16.0. The van der Waals surface area contributed by atoms with Gasteiger partial charge in [-0.2, -0.15) is 0 Å². The van der Waals surface area contributed by atoms with Crippen molar-refractivity contribution in [3.63, 3.8) is 0 Å². The number of nitrogens with one attached hydrogen (secondary N) is 2. The standard InChI is InChI=1S/C25H30N4O2S2/c1-18-4-2-10-29(15-18)16-20-8-6-19(7-9-20)14-26-23(30)12-21-17-33-25(27-21)28-24(31)13-22-5-3-11-32-22/h3,5-9,11,17-18H,2,4,10,12-16H2,1H3,(H,26,30)(H,27,28,31)/t18-/m0/s1. The van der Waals surface area contributed by atoms with Gasteiger partial charge in [0.15, 0.2) is 5.13 Å². The second-order valence-corrected chi connectivity index (χ2v) is 10.6. The number of carbonyl (C=O) groups is 2. The summed E-state index contributed by atoms with van der Waals surface area (Å²) in [6, 6.07) is 12.4. The van der Waals surface area contributed by atoms with E-state index in [2.05, 4.69) is 51.7 Å². The summed E-state index contributed by atoms with van der Waals surface area (Å²) in [5.41, 5.74) is 3.06. The molecule has 4 rings (SSSR count). The first-order valence-electron chi connectivity index (χ1n) is 11.4. The minimum Gasteiger partial charge on any atom is -0.352 e. The Hall–Kier alpha value is -2.55. The predicted molar refractivity (Wildman–Crippen MR) is 134 cm³/mol. The molecule has 2 N–H and O–H groups in total. The molecule has 1 fully saturated rings. The number of piperidine rings is 1. The van der Waals surface area contributed by atoms with E-state index in [1.54, 1.807) is 11.3 Å². The molecule has 0 saturated carbocycles. The summed E-state index contributed by atoms with van der Waals surface area (Å²) in [5.74, 6) is 0.605. The van der Waals surface area contributed by atoms with E-state index in [0.29, 0.717) is 23.8 Å². The van der Waals surface area contributed by atoms with Gasteiger partial charge in [-0.05, 0) is 47.9 Å². The van der Waals surface area contributed by atoms with Gasteiger partial charge < -0.3 is 10.6 Å². The molecule has 174 valence electrons. The smallest absolute Gasteiger partial charge is 0.231 e. The van der Waals surface area contributed by atoms with E-state index in [0.717, 1.165) is 22.9 Å². The van der Waals surface area contributed by atoms with Gasteiger partial charge in [0.25, 0.3) is 0 Å². The van der Waals surface area contributed by atoms with E-state index in [9.17, 15) is 9.59 Å². The number of amides is 2. The number of benzene rings is 1. The van der Waals surface area contributed by atoms with Crippen molar-refractivity contribution in [3.8, 4) is 0 Å². The third-order valence-electron chi connectivity index (χ3n) is 5.71. The molecule has 2 aromatic heterocycles. The van der Waals surface area contributed by atoms with Gasteiger partial charge in [-0.3, -0.25) is 14.5 Å². The zero-order valence-electron chi connectivity index (χ0n) is 18.9. The highest BCUT2D eigenvalue weighted by Gasteiger charge is 2.16. The minimum absolute atomic E-state index is 0.0804. The minimum atomic E-state index is -0.0963. The summed E-state index contributed by atoms with van der Waals surface area (Å²) >= 11 is 2.89. The average molecular weight is 483 g/mol. The Morgan fingerprint density at radius 3 is 2.67 bits per heavy atom. The van der Waals surface area contributed by atoms with Crippen molar-refractivity contribution in [2.24, 2.45) is 5.92 Å². The second-order valence-electron chi connectivity index (χ2n) is 8.70.